The van der Waals surface area contributed by atoms with Gasteiger partial charge in [-0.1, -0.05) is 30.3 Å². The van der Waals surface area contributed by atoms with Gasteiger partial charge < -0.3 is 10.2 Å². The molecule has 0 spiro atoms. The Morgan fingerprint density at radius 2 is 1.72 bits per heavy atom. The lowest BCUT2D eigenvalue weighted by Gasteiger charge is -2.18. The highest BCUT2D eigenvalue weighted by Crippen LogP contribution is 2.24. The topological polar surface area (TPSA) is 41.0 Å². The summed E-state index contributed by atoms with van der Waals surface area (Å²) in [6, 6.07) is 13.4. The molecule has 25 heavy (non-hydrogen) atoms. The Balaban J connectivity index is 1.79. The molecule has 3 rings (SSSR count). The molecule has 0 aliphatic rings. The molecule has 0 unspecified atom stereocenters. The Bertz CT molecular complexity index is 871. The molecule has 2 aromatic carbocycles. The average Bonchev–Trinajstić information content (AvgIpc) is 2.63. The van der Waals surface area contributed by atoms with Crippen molar-refractivity contribution in [1.29, 1.82) is 0 Å². The third kappa shape index (κ3) is 3.88. The predicted octanol–water partition coefficient (Wildman–Crippen LogP) is 4.27. The molecule has 0 bridgehead atoms. The molecule has 3 aromatic rings. The minimum atomic E-state index is -1.53. The van der Waals surface area contributed by atoms with Crippen molar-refractivity contribution in [2.45, 2.75) is 6.54 Å². The normalized spacial score (nSPS) is 10.6. The number of nitrogens with one attached hydrogen (secondary N) is 1. The molecule has 1 heterocycles. The molecule has 0 aliphatic heterocycles. The summed E-state index contributed by atoms with van der Waals surface area (Å²) < 4.78 is 40.1. The SMILES string of the molecule is CN(Cc1ccccc1)c1cc(Nc2ccc(F)c(F)c2F)ncn1. The van der Waals surface area contributed by atoms with Gasteiger partial charge in [-0.15, -0.1) is 0 Å². The van der Waals surface area contributed by atoms with Crippen LogP contribution in [0.1, 0.15) is 5.56 Å². The lowest BCUT2D eigenvalue weighted by molar-refractivity contribution is 0.449. The number of halogens is 3. The zero-order valence-electron chi connectivity index (χ0n) is 13.4. The molecule has 128 valence electrons. The van der Waals surface area contributed by atoms with Gasteiger partial charge in [-0.3, -0.25) is 0 Å². The van der Waals surface area contributed by atoms with Crippen LogP contribution in [0.2, 0.25) is 0 Å². The van der Waals surface area contributed by atoms with Crippen molar-refractivity contribution >= 4 is 17.3 Å². The summed E-state index contributed by atoms with van der Waals surface area (Å²) in [5.41, 5.74) is 0.902. The van der Waals surface area contributed by atoms with Crippen LogP contribution in [0.15, 0.2) is 54.9 Å². The van der Waals surface area contributed by atoms with E-state index in [1.54, 1.807) is 6.07 Å². The second kappa shape index (κ2) is 7.21. The van der Waals surface area contributed by atoms with Crippen molar-refractivity contribution in [1.82, 2.24) is 9.97 Å². The van der Waals surface area contributed by atoms with Crippen LogP contribution in [-0.4, -0.2) is 17.0 Å². The van der Waals surface area contributed by atoms with Crippen molar-refractivity contribution in [3.05, 3.63) is 77.9 Å². The first kappa shape index (κ1) is 16.8. The van der Waals surface area contributed by atoms with E-state index in [4.69, 9.17) is 0 Å². The molecule has 0 aliphatic carbocycles. The predicted molar refractivity (Wildman–Crippen MR) is 90.2 cm³/mol. The second-order valence-corrected chi connectivity index (χ2v) is 5.45. The van der Waals surface area contributed by atoms with Gasteiger partial charge in [0, 0.05) is 19.7 Å². The molecule has 1 N–H and O–H groups in total. The molecular formula is C18H15F3N4. The fourth-order valence-corrected chi connectivity index (χ4v) is 2.32. The fraction of sp³-hybridized carbons (Fsp3) is 0.111. The largest absolute Gasteiger partial charge is 0.355 e. The van der Waals surface area contributed by atoms with E-state index in [1.165, 1.54) is 6.33 Å². The van der Waals surface area contributed by atoms with Crippen molar-refractivity contribution in [3.8, 4) is 0 Å². The summed E-state index contributed by atoms with van der Waals surface area (Å²) in [6.45, 7) is 0.622. The average molecular weight is 344 g/mol. The summed E-state index contributed by atoms with van der Waals surface area (Å²) in [4.78, 5) is 10.1. The van der Waals surface area contributed by atoms with E-state index in [9.17, 15) is 13.2 Å². The highest BCUT2D eigenvalue weighted by atomic mass is 19.2. The first-order valence-corrected chi connectivity index (χ1v) is 7.52. The summed E-state index contributed by atoms with van der Waals surface area (Å²) in [7, 11) is 1.86. The van der Waals surface area contributed by atoms with Gasteiger partial charge in [0.1, 0.15) is 18.0 Å². The van der Waals surface area contributed by atoms with E-state index >= 15 is 0 Å². The summed E-state index contributed by atoms with van der Waals surface area (Å²) in [6.07, 6.45) is 1.32. The van der Waals surface area contributed by atoms with Crippen molar-refractivity contribution in [3.63, 3.8) is 0 Å². The number of hydrogen-bond donors (Lipinski definition) is 1. The lowest BCUT2D eigenvalue weighted by Crippen LogP contribution is -2.18. The Hall–Kier alpha value is -3.09. The fourth-order valence-electron chi connectivity index (χ4n) is 2.32. The molecule has 0 saturated carbocycles. The first-order valence-electron chi connectivity index (χ1n) is 7.52. The maximum atomic E-state index is 13.8. The molecule has 0 saturated heterocycles. The summed E-state index contributed by atoms with van der Waals surface area (Å²) in [5.74, 6) is -3.19. The minimum Gasteiger partial charge on any atom is -0.355 e. The Kier molecular flexibility index (Phi) is 4.83. The van der Waals surface area contributed by atoms with E-state index in [0.29, 0.717) is 12.4 Å². The van der Waals surface area contributed by atoms with Gasteiger partial charge in [-0.2, -0.15) is 0 Å². The maximum Gasteiger partial charge on any atom is 0.196 e. The molecule has 0 radical (unpaired) electrons. The van der Waals surface area contributed by atoms with E-state index < -0.39 is 17.5 Å². The van der Waals surface area contributed by atoms with Gasteiger partial charge in [0.15, 0.2) is 17.5 Å². The molecule has 1 aromatic heterocycles. The Morgan fingerprint density at radius 3 is 2.48 bits per heavy atom. The second-order valence-electron chi connectivity index (χ2n) is 5.45. The molecule has 0 amide bonds. The van der Waals surface area contributed by atoms with Crippen molar-refractivity contribution in [2.24, 2.45) is 0 Å². The standard InChI is InChI=1S/C18H15F3N4/c1-25(10-12-5-3-2-4-6-12)16-9-15(22-11-23-16)24-14-8-7-13(19)17(20)18(14)21/h2-9,11H,10H2,1H3,(H,22,23,24). The zero-order valence-corrected chi connectivity index (χ0v) is 13.4. The van der Waals surface area contributed by atoms with E-state index in [1.807, 2.05) is 42.3 Å². The van der Waals surface area contributed by atoms with Gasteiger partial charge in [0.2, 0.25) is 0 Å². The zero-order chi connectivity index (χ0) is 17.8. The Morgan fingerprint density at radius 1 is 0.960 bits per heavy atom. The number of benzene rings is 2. The molecule has 0 atom stereocenters. The van der Waals surface area contributed by atoms with Crippen molar-refractivity contribution in [2.75, 3.05) is 17.3 Å². The van der Waals surface area contributed by atoms with E-state index in [2.05, 4.69) is 15.3 Å². The summed E-state index contributed by atoms with van der Waals surface area (Å²) in [5, 5.41) is 2.64. The van der Waals surface area contributed by atoms with Crippen LogP contribution in [-0.2, 0) is 6.54 Å². The molecule has 0 fully saturated rings. The number of rotatable bonds is 5. The van der Waals surface area contributed by atoms with Gasteiger partial charge in [-0.25, -0.2) is 23.1 Å². The number of nitrogens with zero attached hydrogens (tertiary/aromatic N) is 3. The Labute approximate surface area is 143 Å². The molecule has 7 heteroatoms. The van der Waals surface area contributed by atoms with Crippen LogP contribution >= 0.6 is 0 Å². The van der Waals surface area contributed by atoms with Crippen LogP contribution in [0, 0.1) is 17.5 Å². The number of hydrogen-bond acceptors (Lipinski definition) is 4. The third-order valence-electron chi connectivity index (χ3n) is 3.60. The maximum absolute atomic E-state index is 13.8. The molecule has 4 nitrogen and oxygen atoms in total. The summed E-state index contributed by atoms with van der Waals surface area (Å²) >= 11 is 0. The quantitative estimate of drug-likeness (QED) is 0.702. The number of aromatic nitrogens is 2. The number of anilines is 3. The van der Waals surface area contributed by atoms with Gasteiger partial charge in [-0.05, 0) is 17.7 Å². The van der Waals surface area contributed by atoms with Crippen LogP contribution in [0.3, 0.4) is 0 Å². The highest BCUT2D eigenvalue weighted by Gasteiger charge is 2.14. The lowest BCUT2D eigenvalue weighted by atomic mass is 10.2. The first-order chi connectivity index (χ1) is 12.0. The van der Waals surface area contributed by atoms with Crippen molar-refractivity contribution < 1.29 is 13.2 Å². The van der Waals surface area contributed by atoms with Gasteiger partial charge in [0.25, 0.3) is 0 Å². The van der Waals surface area contributed by atoms with E-state index in [-0.39, 0.29) is 11.5 Å². The van der Waals surface area contributed by atoms with Gasteiger partial charge in [0.05, 0.1) is 5.69 Å². The molecular weight excluding hydrogens is 329 g/mol. The van der Waals surface area contributed by atoms with Gasteiger partial charge >= 0.3 is 0 Å². The monoisotopic (exact) mass is 344 g/mol. The van der Waals surface area contributed by atoms with Crippen LogP contribution < -0.4 is 10.2 Å². The van der Waals surface area contributed by atoms with Crippen LogP contribution in [0.4, 0.5) is 30.5 Å². The highest BCUT2D eigenvalue weighted by molar-refractivity contribution is 5.60. The smallest absolute Gasteiger partial charge is 0.196 e. The third-order valence-corrected chi connectivity index (χ3v) is 3.60. The van der Waals surface area contributed by atoms with E-state index in [0.717, 1.165) is 17.7 Å². The van der Waals surface area contributed by atoms with Crippen LogP contribution in [0.25, 0.3) is 0 Å². The minimum absolute atomic E-state index is 0.200. The van der Waals surface area contributed by atoms with Crippen LogP contribution in [0.5, 0.6) is 0 Å².